The highest BCUT2D eigenvalue weighted by Crippen LogP contribution is 2.42. The molecule has 2 aliphatic rings. The van der Waals surface area contributed by atoms with Crippen LogP contribution in [0.15, 0.2) is 42.5 Å². The number of rotatable bonds is 6. The van der Waals surface area contributed by atoms with Crippen molar-refractivity contribution in [3.8, 4) is 11.5 Å². The van der Waals surface area contributed by atoms with Crippen LogP contribution in [-0.2, 0) is 32.0 Å². The molecule has 37 heavy (non-hydrogen) atoms. The van der Waals surface area contributed by atoms with Gasteiger partial charge in [0.25, 0.3) is 0 Å². The first-order chi connectivity index (χ1) is 17.3. The number of ether oxygens (including phenoxy) is 1. The van der Waals surface area contributed by atoms with E-state index in [-0.39, 0.29) is 41.7 Å². The molecule has 2 aliphatic heterocycles. The first-order valence-corrected chi connectivity index (χ1v) is 14.1. The quantitative estimate of drug-likeness (QED) is 0.550. The second-order valence-electron chi connectivity index (χ2n) is 9.66. The van der Waals surface area contributed by atoms with Crippen LogP contribution in [0.4, 0.5) is 13.2 Å². The van der Waals surface area contributed by atoms with E-state index >= 15 is 0 Å². The molecule has 0 aromatic heterocycles. The fourth-order valence-corrected chi connectivity index (χ4v) is 5.62. The highest BCUT2D eigenvalue weighted by Gasteiger charge is 2.40. The summed E-state index contributed by atoms with van der Waals surface area (Å²) in [6.45, 7) is 2.97. The maximum absolute atomic E-state index is 13.2. The lowest BCUT2D eigenvalue weighted by Gasteiger charge is -2.41. The predicted molar refractivity (Wildman–Crippen MR) is 131 cm³/mol. The number of fused-ring (bicyclic) bond motifs is 1. The van der Waals surface area contributed by atoms with Gasteiger partial charge in [-0.15, -0.1) is 0 Å². The van der Waals surface area contributed by atoms with Crippen LogP contribution in [0.25, 0.3) is 0 Å². The Balaban J connectivity index is 1.63. The minimum absolute atomic E-state index is 0.0483. The number of halogens is 3. The Kier molecular flexibility index (Phi) is 7.55. The zero-order valence-electron chi connectivity index (χ0n) is 20.6. The van der Waals surface area contributed by atoms with E-state index in [2.05, 4.69) is 0 Å². The smallest absolute Gasteiger partial charge is 0.416 e. The number of alkyl halides is 3. The number of hydrogen-bond donors (Lipinski definition) is 0. The average Bonchev–Trinajstić information content (AvgIpc) is 3.31. The van der Waals surface area contributed by atoms with Gasteiger partial charge in [0, 0.05) is 45.2 Å². The van der Waals surface area contributed by atoms with Gasteiger partial charge >= 0.3 is 6.18 Å². The molecule has 1 saturated heterocycles. The van der Waals surface area contributed by atoms with Crippen molar-refractivity contribution in [2.45, 2.75) is 38.4 Å². The van der Waals surface area contributed by atoms with E-state index in [1.165, 1.54) is 19.1 Å². The second kappa shape index (κ2) is 10.4. The summed E-state index contributed by atoms with van der Waals surface area (Å²) in [4.78, 5) is 28.6. The lowest BCUT2D eigenvalue weighted by Crippen LogP contribution is -2.44. The number of amides is 2. The molecule has 4 rings (SSSR count). The number of sulfone groups is 1. The second-order valence-corrected chi connectivity index (χ2v) is 11.9. The van der Waals surface area contributed by atoms with Crippen molar-refractivity contribution in [2.24, 2.45) is 5.92 Å². The van der Waals surface area contributed by atoms with Crippen molar-refractivity contribution in [3.63, 3.8) is 0 Å². The van der Waals surface area contributed by atoms with Gasteiger partial charge in [-0.3, -0.25) is 9.59 Å². The normalized spacial score (nSPS) is 20.0. The SMILES string of the molecule is CC(=O)N1CC[C@@H]([C@H]2c3cc(Oc4ccc(C(F)(F)F)cc4)ccc3CCN2C(=O)CCS(C)(=O)=O)C1. The van der Waals surface area contributed by atoms with Crippen LogP contribution in [0.1, 0.15) is 42.5 Å². The number of hydrogen-bond acceptors (Lipinski definition) is 5. The molecule has 2 aromatic carbocycles. The van der Waals surface area contributed by atoms with Crippen molar-refractivity contribution < 1.29 is 35.9 Å². The van der Waals surface area contributed by atoms with Gasteiger partial charge in [-0.1, -0.05) is 6.07 Å². The molecule has 0 aliphatic carbocycles. The number of benzene rings is 2. The molecule has 2 atom stereocenters. The lowest BCUT2D eigenvalue weighted by atomic mass is 9.83. The molecule has 1 fully saturated rings. The molecule has 200 valence electrons. The highest BCUT2D eigenvalue weighted by molar-refractivity contribution is 7.90. The molecule has 0 saturated carbocycles. The van der Waals surface area contributed by atoms with E-state index in [9.17, 15) is 31.2 Å². The van der Waals surface area contributed by atoms with Gasteiger partial charge in [0.05, 0.1) is 17.4 Å². The third-order valence-corrected chi connectivity index (χ3v) is 7.88. The molecule has 0 bridgehead atoms. The van der Waals surface area contributed by atoms with Crippen molar-refractivity contribution >= 4 is 21.7 Å². The Hall–Kier alpha value is -3.08. The van der Waals surface area contributed by atoms with Crippen molar-refractivity contribution in [1.29, 1.82) is 0 Å². The lowest BCUT2D eigenvalue weighted by molar-refractivity contribution is -0.137. The summed E-state index contributed by atoms with van der Waals surface area (Å²) in [7, 11) is -3.32. The average molecular weight is 539 g/mol. The third kappa shape index (κ3) is 6.44. The molecular formula is C26H29F3N2O5S. The summed E-state index contributed by atoms with van der Waals surface area (Å²) in [5, 5.41) is 0. The number of carbonyl (C=O) groups excluding carboxylic acids is 2. The molecule has 0 unspecified atom stereocenters. The van der Waals surface area contributed by atoms with Gasteiger partial charge in [0.15, 0.2) is 0 Å². The molecule has 7 nitrogen and oxygen atoms in total. The van der Waals surface area contributed by atoms with Gasteiger partial charge in [-0.25, -0.2) is 8.42 Å². The summed E-state index contributed by atoms with van der Waals surface area (Å²) in [5.41, 5.74) is 1.09. The molecule has 2 aromatic rings. The Morgan fingerprint density at radius 3 is 2.32 bits per heavy atom. The minimum atomic E-state index is -4.44. The largest absolute Gasteiger partial charge is 0.457 e. The monoisotopic (exact) mass is 538 g/mol. The first kappa shape index (κ1) is 27.0. The Morgan fingerprint density at radius 2 is 1.73 bits per heavy atom. The maximum Gasteiger partial charge on any atom is 0.416 e. The van der Waals surface area contributed by atoms with Gasteiger partial charge in [0.2, 0.25) is 11.8 Å². The number of carbonyl (C=O) groups is 2. The van der Waals surface area contributed by atoms with Crippen LogP contribution in [0.3, 0.4) is 0 Å². The number of nitrogens with zero attached hydrogens (tertiary/aromatic N) is 2. The topological polar surface area (TPSA) is 84.0 Å². The first-order valence-electron chi connectivity index (χ1n) is 12.0. The molecule has 0 spiro atoms. The Labute approximate surface area is 214 Å². The predicted octanol–water partition coefficient (Wildman–Crippen LogP) is 4.23. The summed E-state index contributed by atoms with van der Waals surface area (Å²) in [6.07, 6.45) is -2.23. The molecule has 11 heteroatoms. The van der Waals surface area contributed by atoms with E-state index in [1.54, 1.807) is 21.9 Å². The van der Waals surface area contributed by atoms with Crippen LogP contribution >= 0.6 is 0 Å². The van der Waals surface area contributed by atoms with E-state index < -0.39 is 21.6 Å². The fourth-order valence-electron chi connectivity index (χ4n) is 5.07. The highest BCUT2D eigenvalue weighted by atomic mass is 32.2. The van der Waals surface area contributed by atoms with E-state index in [1.807, 2.05) is 6.07 Å². The minimum Gasteiger partial charge on any atom is -0.457 e. The molecule has 0 N–H and O–H groups in total. The van der Waals surface area contributed by atoms with Crippen LogP contribution in [0, 0.1) is 5.92 Å². The molecule has 0 radical (unpaired) electrons. The fraction of sp³-hybridized carbons (Fsp3) is 0.462. The Morgan fingerprint density at radius 1 is 1.05 bits per heavy atom. The van der Waals surface area contributed by atoms with Crippen LogP contribution in [0.2, 0.25) is 0 Å². The summed E-state index contributed by atoms with van der Waals surface area (Å²) in [5.74, 6) is 0.0413. The molecular weight excluding hydrogens is 509 g/mol. The number of likely N-dealkylation sites (tertiary alicyclic amines) is 1. The van der Waals surface area contributed by atoms with Gasteiger partial charge in [-0.2, -0.15) is 13.2 Å². The van der Waals surface area contributed by atoms with Crippen molar-refractivity contribution in [2.75, 3.05) is 31.6 Å². The van der Waals surface area contributed by atoms with Gasteiger partial charge in [-0.05, 0) is 60.4 Å². The van der Waals surface area contributed by atoms with E-state index in [0.717, 1.165) is 29.5 Å². The molecule has 2 amide bonds. The van der Waals surface area contributed by atoms with Crippen LogP contribution in [0.5, 0.6) is 11.5 Å². The maximum atomic E-state index is 13.2. The van der Waals surface area contributed by atoms with Crippen molar-refractivity contribution in [1.82, 2.24) is 9.80 Å². The van der Waals surface area contributed by atoms with E-state index in [4.69, 9.17) is 4.74 Å². The van der Waals surface area contributed by atoms with Crippen LogP contribution < -0.4 is 4.74 Å². The summed E-state index contributed by atoms with van der Waals surface area (Å²) >= 11 is 0. The van der Waals surface area contributed by atoms with Crippen LogP contribution in [-0.4, -0.2) is 61.7 Å². The zero-order chi connectivity index (χ0) is 27.0. The van der Waals surface area contributed by atoms with Gasteiger partial charge < -0.3 is 14.5 Å². The van der Waals surface area contributed by atoms with E-state index in [0.29, 0.717) is 38.2 Å². The van der Waals surface area contributed by atoms with Crippen molar-refractivity contribution in [3.05, 3.63) is 59.2 Å². The zero-order valence-corrected chi connectivity index (χ0v) is 21.4. The van der Waals surface area contributed by atoms with Gasteiger partial charge in [0.1, 0.15) is 21.3 Å². The standard InChI is InChI=1S/C26H29F3N2O5S/c1-17(32)30-12-9-19(16-30)25-23-15-22(36-21-7-4-20(5-8-21)26(27,28)29)6-3-18(23)10-13-31(25)24(33)11-14-37(2,34)35/h3-8,15,19,25H,9-14,16H2,1-2H3/t19-,25+/m1/s1. The Bertz CT molecular complexity index is 1280. The third-order valence-electron chi connectivity index (χ3n) is 6.93. The summed E-state index contributed by atoms with van der Waals surface area (Å²) in [6, 6.07) is 9.45. The summed E-state index contributed by atoms with van der Waals surface area (Å²) < 4.78 is 67.9. The molecule has 2 heterocycles.